The summed E-state index contributed by atoms with van der Waals surface area (Å²) in [6.45, 7) is 1.49. The average Bonchev–Trinajstić information content (AvgIpc) is 2.47. The molecular weight excluding hydrogens is 252 g/mol. The number of carbonyl (C=O) groups excluding carboxylic acids is 1. The van der Waals surface area contributed by atoms with Crippen molar-refractivity contribution in [3.8, 4) is 11.8 Å². The average molecular weight is 266 g/mol. The summed E-state index contributed by atoms with van der Waals surface area (Å²) >= 11 is 0. The first-order chi connectivity index (χ1) is 9.65. The van der Waals surface area contributed by atoms with E-state index in [-0.39, 0.29) is 12.5 Å². The quantitative estimate of drug-likeness (QED) is 0.515. The molecule has 0 fully saturated rings. The summed E-state index contributed by atoms with van der Waals surface area (Å²) in [7, 11) is 0. The van der Waals surface area contributed by atoms with Crippen molar-refractivity contribution in [1.82, 2.24) is 10.0 Å². The molecule has 20 heavy (non-hydrogen) atoms. The highest BCUT2D eigenvalue weighted by Crippen LogP contribution is 2.06. The second-order valence-electron chi connectivity index (χ2n) is 4.27. The minimum absolute atomic E-state index is 0.172. The Morgan fingerprint density at radius 2 is 1.90 bits per heavy atom. The van der Waals surface area contributed by atoms with Gasteiger partial charge in [-0.1, -0.05) is 24.0 Å². The van der Waals surface area contributed by atoms with Crippen LogP contribution >= 0.6 is 0 Å². The van der Waals surface area contributed by atoms with E-state index in [0.29, 0.717) is 5.06 Å². The molecule has 1 heterocycles. The second kappa shape index (κ2) is 6.50. The van der Waals surface area contributed by atoms with Crippen molar-refractivity contribution < 1.29 is 10.0 Å². The molecule has 1 aromatic heterocycles. The number of hydroxylamine groups is 2. The molecule has 4 nitrogen and oxygen atoms in total. The SMILES string of the molecule is CC(=O)N(O)Cc1ccc(C#Cc2cccnc2)cc1. The first-order valence-electron chi connectivity index (χ1n) is 6.13. The van der Waals surface area contributed by atoms with Crippen LogP contribution in [0.5, 0.6) is 0 Å². The molecule has 0 bridgehead atoms. The molecule has 1 amide bonds. The Morgan fingerprint density at radius 1 is 1.20 bits per heavy atom. The summed E-state index contributed by atoms with van der Waals surface area (Å²) in [6, 6.07) is 11.1. The van der Waals surface area contributed by atoms with Gasteiger partial charge in [-0.25, -0.2) is 5.06 Å². The van der Waals surface area contributed by atoms with Crippen molar-refractivity contribution in [3.05, 3.63) is 65.5 Å². The number of aromatic nitrogens is 1. The lowest BCUT2D eigenvalue weighted by Gasteiger charge is -2.12. The van der Waals surface area contributed by atoms with E-state index in [0.717, 1.165) is 16.7 Å². The summed E-state index contributed by atoms with van der Waals surface area (Å²) in [5.74, 6) is 5.66. The lowest BCUT2D eigenvalue weighted by atomic mass is 10.1. The zero-order valence-electron chi connectivity index (χ0n) is 11.1. The molecule has 2 rings (SSSR count). The van der Waals surface area contributed by atoms with E-state index in [1.165, 1.54) is 6.92 Å². The highest BCUT2D eigenvalue weighted by atomic mass is 16.5. The number of rotatable bonds is 2. The highest BCUT2D eigenvalue weighted by Gasteiger charge is 2.04. The Kier molecular flexibility index (Phi) is 4.48. The molecule has 0 unspecified atom stereocenters. The van der Waals surface area contributed by atoms with Gasteiger partial charge in [0.05, 0.1) is 6.54 Å². The number of nitrogens with zero attached hydrogens (tertiary/aromatic N) is 2. The van der Waals surface area contributed by atoms with E-state index in [4.69, 9.17) is 0 Å². The zero-order chi connectivity index (χ0) is 14.4. The molecule has 0 atom stereocenters. The largest absolute Gasteiger partial charge is 0.286 e. The number of benzene rings is 1. The molecular formula is C16H14N2O2. The molecule has 0 spiro atoms. The third-order valence-electron chi connectivity index (χ3n) is 2.66. The fourth-order valence-electron chi connectivity index (χ4n) is 1.56. The molecule has 1 N–H and O–H groups in total. The van der Waals surface area contributed by atoms with Crippen LogP contribution in [-0.2, 0) is 11.3 Å². The van der Waals surface area contributed by atoms with E-state index in [1.807, 2.05) is 36.4 Å². The Bertz CT molecular complexity index is 640. The summed E-state index contributed by atoms with van der Waals surface area (Å²) in [4.78, 5) is 14.9. The van der Waals surface area contributed by atoms with E-state index in [9.17, 15) is 10.0 Å². The molecule has 0 aliphatic heterocycles. The Labute approximate surface area is 117 Å². The summed E-state index contributed by atoms with van der Waals surface area (Å²) in [5, 5.41) is 10.0. The number of carbonyl (C=O) groups is 1. The van der Waals surface area contributed by atoms with Crippen LogP contribution in [0.1, 0.15) is 23.6 Å². The molecule has 0 aliphatic carbocycles. The molecule has 0 aliphatic rings. The summed E-state index contributed by atoms with van der Waals surface area (Å²) in [5.41, 5.74) is 2.56. The number of hydrogen-bond acceptors (Lipinski definition) is 3. The van der Waals surface area contributed by atoms with Crippen LogP contribution < -0.4 is 0 Å². The molecule has 2 aromatic rings. The van der Waals surface area contributed by atoms with Crippen molar-refractivity contribution in [3.63, 3.8) is 0 Å². The molecule has 0 radical (unpaired) electrons. The van der Waals surface area contributed by atoms with Crippen LogP contribution in [0, 0.1) is 11.8 Å². The fourth-order valence-corrected chi connectivity index (χ4v) is 1.56. The van der Waals surface area contributed by atoms with Gasteiger partial charge in [0.1, 0.15) is 0 Å². The summed E-state index contributed by atoms with van der Waals surface area (Å²) in [6.07, 6.45) is 3.41. The predicted molar refractivity (Wildman–Crippen MR) is 74.7 cm³/mol. The van der Waals surface area contributed by atoms with E-state index in [1.54, 1.807) is 12.4 Å². The maximum Gasteiger partial charge on any atom is 0.243 e. The van der Waals surface area contributed by atoms with Crippen LogP contribution in [0.3, 0.4) is 0 Å². The first-order valence-corrected chi connectivity index (χ1v) is 6.13. The van der Waals surface area contributed by atoms with Gasteiger partial charge in [-0.15, -0.1) is 0 Å². The van der Waals surface area contributed by atoms with Gasteiger partial charge in [-0.05, 0) is 29.8 Å². The van der Waals surface area contributed by atoms with Gasteiger partial charge >= 0.3 is 0 Å². The number of amides is 1. The van der Waals surface area contributed by atoms with Gasteiger partial charge in [-0.2, -0.15) is 0 Å². The smallest absolute Gasteiger partial charge is 0.243 e. The fraction of sp³-hybridized carbons (Fsp3) is 0.125. The maximum atomic E-state index is 10.9. The minimum atomic E-state index is -0.384. The minimum Gasteiger partial charge on any atom is -0.286 e. The lowest BCUT2D eigenvalue weighted by molar-refractivity contribution is -0.165. The van der Waals surface area contributed by atoms with Gasteiger partial charge in [0.15, 0.2) is 0 Å². The molecule has 1 aromatic carbocycles. The molecule has 100 valence electrons. The Morgan fingerprint density at radius 3 is 2.50 bits per heavy atom. The van der Waals surface area contributed by atoms with E-state index in [2.05, 4.69) is 16.8 Å². The van der Waals surface area contributed by atoms with Gasteiger partial charge in [-0.3, -0.25) is 15.0 Å². The maximum absolute atomic E-state index is 10.9. The van der Waals surface area contributed by atoms with Gasteiger partial charge in [0.2, 0.25) is 5.91 Å². The number of pyridine rings is 1. The van der Waals surface area contributed by atoms with Crippen molar-refractivity contribution in [2.75, 3.05) is 0 Å². The normalized spacial score (nSPS) is 9.50. The molecule has 4 heteroatoms. The van der Waals surface area contributed by atoms with E-state index >= 15 is 0 Å². The van der Waals surface area contributed by atoms with Gasteiger partial charge < -0.3 is 0 Å². The monoisotopic (exact) mass is 266 g/mol. The van der Waals surface area contributed by atoms with Gasteiger partial charge in [0, 0.05) is 30.4 Å². The molecule has 0 saturated heterocycles. The van der Waals surface area contributed by atoms with Crippen LogP contribution in [0.4, 0.5) is 0 Å². The van der Waals surface area contributed by atoms with Crippen molar-refractivity contribution in [2.45, 2.75) is 13.5 Å². The summed E-state index contributed by atoms with van der Waals surface area (Å²) < 4.78 is 0. The standard InChI is InChI=1S/C16H14N2O2/c1-13(19)18(20)12-16-8-5-14(6-9-16)4-7-15-3-2-10-17-11-15/h2-3,5-6,8-11,20H,12H2,1H3. The lowest BCUT2D eigenvalue weighted by Crippen LogP contribution is -2.23. The predicted octanol–water partition coefficient (Wildman–Crippen LogP) is 2.22. The zero-order valence-corrected chi connectivity index (χ0v) is 11.1. The Balaban J connectivity index is 2.06. The highest BCUT2D eigenvalue weighted by molar-refractivity contribution is 5.71. The van der Waals surface area contributed by atoms with Crippen molar-refractivity contribution in [1.29, 1.82) is 0 Å². The van der Waals surface area contributed by atoms with Crippen LogP contribution in [0.15, 0.2) is 48.8 Å². The topological polar surface area (TPSA) is 53.4 Å². The van der Waals surface area contributed by atoms with Crippen LogP contribution in [-0.4, -0.2) is 21.2 Å². The van der Waals surface area contributed by atoms with Crippen molar-refractivity contribution in [2.24, 2.45) is 0 Å². The van der Waals surface area contributed by atoms with Gasteiger partial charge in [0.25, 0.3) is 0 Å². The first kappa shape index (κ1) is 13.8. The third-order valence-corrected chi connectivity index (χ3v) is 2.66. The van der Waals surface area contributed by atoms with Crippen LogP contribution in [0.2, 0.25) is 0 Å². The van der Waals surface area contributed by atoms with Crippen molar-refractivity contribution >= 4 is 5.91 Å². The van der Waals surface area contributed by atoms with E-state index < -0.39 is 0 Å². The second-order valence-corrected chi connectivity index (χ2v) is 4.27. The number of hydrogen-bond donors (Lipinski definition) is 1. The molecule has 0 saturated carbocycles. The van der Waals surface area contributed by atoms with Crippen LogP contribution in [0.25, 0.3) is 0 Å². The Hall–Kier alpha value is -2.64. The third kappa shape index (κ3) is 3.94.